The van der Waals surface area contributed by atoms with Crippen LogP contribution in [0, 0.1) is 17.8 Å². The maximum absolute atomic E-state index is 6.06. The number of hydrogen-bond donors (Lipinski definition) is 1. The molecule has 0 aliphatic heterocycles. The standard InChI is InChI=1S/C18H21ClN2/c1-11(16-9-12-2-3-13(16)8-12)21-17-6-7-20-18-10-14(19)4-5-15(17)18/h4-7,10-13,16H,2-3,8-9H2,1H3,(H,20,21). The van der Waals surface area contributed by atoms with Gasteiger partial charge in [0.2, 0.25) is 0 Å². The van der Waals surface area contributed by atoms with E-state index in [1.807, 2.05) is 18.3 Å². The molecule has 2 aliphatic rings. The highest BCUT2D eigenvalue weighted by Crippen LogP contribution is 2.50. The minimum absolute atomic E-state index is 0.529. The fourth-order valence-electron chi connectivity index (χ4n) is 4.51. The van der Waals surface area contributed by atoms with E-state index in [0.29, 0.717) is 6.04 Å². The second-order valence-corrected chi connectivity index (χ2v) is 7.23. The number of fused-ring (bicyclic) bond motifs is 3. The summed E-state index contributed by atoms with van der Waals surface area (Å²) in [7, 11) is 0. The van der Waals surface area contributed by atoms with E-state index in [2.05, 4.69) is 29.4 Å². The van der Waals surface area contributed by atoms with Crippen LogP contribution in [0.15, 0.2) is 30.5 Å². The summed E-state index contributed by atoms with van der Waals surface area (Å²) < 4.78 is 0. The Morgan fingerprint density at radius 1 is 1.24 bits per heavy atom. The summed E-state index contributed by atoms with van der Waals surface area (Å²) in [5, 5.41) is 5.66. The third-order valence-electron chi connectivity index (χ3n) is 5.52. The SMILES string of the molecule is CC(Nc1ccnc2cc(Cl)ccc12)C1CC2CCC1C2. The number of nitrogens with one attached hydrogen (secondary N) is 1. The van der Waals surface area contributed by atoms with Crippen molar-refractivity contribution in [3.8, 4) is 0 Å². The van der Waals surface area contributed by atoms with Crippen molar-refractivity contribution in [3.05, 3.63) is 35.5 Å². The monoisotopic (exact) mass is 300 g/mol. The number of rotatable bonds is 3. The van der Waals surface area contributed by atoms with E-state index in [1.165, 1.54) is 31.4 Å². The van der Waals surface area contributed by atoms with Crippen LogP contribution in [0.2, 0.25) is 5.02 Å². The normalized spacial score (nSPS) is 29.0. The van der Waals surface area contributed by atoms with Gasteiger partial charge < -0.3 is 5.32 Å². The Labute approximate surface area is 130 Å². The van der Waals surface area contributed by atoms with Crippen molar-refractivity contribution < 1.29 is 0 Å². The van der Waals surface area contributed by atoms with Gasteiger partial charge in [0.15, 0.2) is 0 Å². The van der Waals surface area contributed by atoms with Crippen LogP contribution in [0.25, 0.3) is 10.9 Å². The second kappa shape index (κ2) is 5.17. The van der Waals surface area contributed by atoms with Crippen LogP contribution in [0.5, 0.6) is 0 Å². The summed E-state index contributed by atoms with van der Waals surface area (Å²) in [6, 6.07) is 8.56. The third kappa shape index (κ3) is 2.40. The topological polar surface area (TPSA) is 24.9 Å². The number of pyridine rings is 1. The highest BCUT2D eigenvalue weighted by Gasteiger charge is 2.41. The molecule has 4 unspecified atom stereocenters. The van der Waals surface area contributed by atoms with E-state index < -0.39 is 0 Å². The molecule has 21 heavy (non-hydrogen) atoms. The van der Waals surface area contributed by atoms with Crippen LogP contribution in [0.1, 0.15) is 32.6 Å². The number of aromatic nitrogens is 1. The molecule has 0 amide bonds. The van der Waals surface area contributed by atoms with Gasteiger partial charge in [-0.1, -0.05) is 18.0 Å². The van der Waals surface area contributed by atoms with Gasteiger partial charge in [-0.15, -0.1) is 0 Å². The zero-order valence-electron chi connectivity index (χ0n) is 12.3. The number of hydrogen-bond acceptors (Lipinski definition) is 2. The molecule has 4 atom stereocenters. The summed E-state index contributed by atoms with van der Waals surface area (Å²) in [5.74, 6) is 2.77. The van der Waals surface area contributed by atoms with Crippen LogP contribution < -0.4 is 5.32 Å². The Balaban J connectivity index is 1.59. The third-order valence-corrected chi connectivity index (χ3v) is 5.76. The number of nitrogens with zero attached hydrogens (tertiary/aromatic N) is 1. The lowest BCUT2D eigenvalue weighted by molar-refractivity contribution is 0.304. The first-order valence-electron chi connectivity index (χ1n) is 8.01. The molecule has 2 bridgehead atoms. The average molecular weight is 301 g/mol. The lowest BCUT2D eigenvalue weighted by atomic mass is 9.84. The Morgan fingerprint density at radius 3 is 2.90 bits per heavy atom. The molecule has 1 aromatic heterocycles. The van der Waals surface area contributed by atoms with Gasteiger partial charge in [-0.05, 0) is 68.2 Å². The quantitative estimate of drug-likeness (QED) is 0.850. The van der Waals surface area contributed by atoms with Gasteiger partial charge in [0.05, 0.1) is 5.52 Å². The molecule has 110 valence electrons. The first-order valence-corrected chi connectivity index (χ1v) is 8.39. The Hall–Kier alpha value is -1.28. The maximum Gasteiger partial charge on any atom is 0.0737 e. The largest absolute Gasteiger partial charge is 0.382 e. The summed E-state index contributed by atoms with van der Waals surface area (Å²) >= 11 is 6.06. The predicted molar refractivity (Wildman–Crippen MR) is 88.8 cm³/mol. The van der Waals surface area contributed by atoms with E-state index in [-0.39, 0.29) is 0 Å². The molecule has 1 heterocycles. The van der Waals surface area contributed by atoms with E-state index in [0.717, 1.165) is 33.7 Å². The Kier molecular flexibility index (Phi) is 3.30. The molecule has 2 aliphatic carbocycles. The van der Waals surface area contributed by atoms with Gasteiger partial charge in [-0.25, -0.2) is 0 Å². The van der Waals surface area contributed by atoms with Gasteiger partial charge in [0.25, 0.3) is 0 Å². The molecule has 0 radical (unpaired) electrons. The smallest absolute Gasteiger partial charge is 0.0737 e. The van der Waals surface area contributed by atoms with Crippen molar-refractivity contribution in [3.63, 3.8) is 0 Å². The van der Waals surface area contributed by atoms with Gasteiger partial charge in [0.1, 0.15) is 0 Å². The number of benzene rings is 1. The minimum atomic E-state index is 0.529. The van der Waals surface area contributed by atoms with Gasteiger partial charge in [-0.2, -0.15) is 0 Å². The molecule has 1 aromatic carbocycles. The van der Waals surface area contributed by atoms with Crippen molar-refractivity contribution in [1.82, 2.24) is 4.98 Å². The lowest BCUT2D eigenvalue weighted by Crippen LogP contribution is -2.30. The summed E-state index contributed by atoms with van der Waals surface area (Å²) in [6.07, 6.45) is 7.64. The van der Waals surface area contributed by atoms with Crippen LogP contribution in [-0.2, 0) is 0 Å². The molecular weight excluding hydrogens is 280 g/mol. The molecule has 3 heteroatoms. The van der Waals surface area contributed by atoms with Crippen molar-refractivity contribution in [2.24, 2.45) is 17.8 Å². The molecule has 0 spiro atoms. The molecule has 4 rings (SSSR count). The zero-order chi connectivity index (χ0) is 14.4. The van der Waals surface area contributed by atoms with Crippen molar-refractivity contribution in [1.29, 1.82) is 0 Å². The van der Waals surface area contributed by atoms with Crippen LogP contribution in [-0.4, -0.2) is 11.0 Å². The fraction of sp³-hybridized carbons (Fsp3) is 0.500. The highest BCUT2D eigenvalue weighted by molar-refractivity contribution is 6.31. The Morgan fingerprint density at radius 2 is 2.14 bits per heavy atom. The first-order chi connectivity index (χ1) is 10.2. The van der Waals surface area contributed by atoms with Crippen LogP contribution >= 0.6 is 11.6 Å². The highest BCUT2D eigenvalue weighted by atomic mass is 35.5. The van der Waals surface area contributed by atoms with E-state index in [4.69, 9.17) is 11.6 Å². The molecule has 1 N–H and O–H groups in total. The molecule has 2 nitrogen and oxygen atoms in total. The molecule has 2 aromatic rings. The minimum Gasteiger partial charge on any atom is -0.382 e. The van der Waals surface area contributed by atoms with Gasteiger partial charge in [0, 0.05) is 28.3 Å². The van der Waals surface area contributed by atoms with Crippen molar-refractivity contribution in [2.45, 2.75) is 38.6 Å². The summed E-state index contributed by atoms with van der Waals surface area (Å²) in [4.78, 5) is 4.42. The van der Waals surface area contributed by atoms with Gasteiger partial charge in [-0.3, -0.25) is 4.98 Å². The fourth-order valence-corrected chi connectivity index (χ4v) is 4.67. The van der Waals surface area contributed by atoms with Crippen LogP contribution in [0.4, 0.5) is 5.69 Å². The first kappa shape index (κ1) is 13.4. The Bertz CT molecular complexity index is 669. The maximum atomic E-state index is 6.06. The van der Waals surface area contributed by atoms with Crippen molar-refractivity contribution >= 4 is 28.2 Å². The lowest BCUT2D eigenvalue weighted by Gasteiger charge is -2.29. The zero-order valence-corrected chi connectivity index (χ0v) is 13.1. The molecule has 0 saturated heterocycles. The van der Waals surface area contributed by atoms with E-state index in [9.17, 15) is 0 Å². The molecule has 2 saturated carbocycles. The summed E-state index contributed by atoms with van der Waals surface area (Å²) in [6.45, 7) is 2.34. The van der Waals surface area contributed by atoms with E-state index in [1.54, 1.807) is 0 Å². The van der Waals surface area contributed by atoms with Gasteiger partial charge >= 0.3 is 0 Å². The number of halogens is 1. The molecular formula is C18H21ClN2. The number of anilines is 1. The molecule has 2 fully saturated rings. The average Bonchev–Trinajstić information content (AvgIpc) is 3.10. The van der Waals surface area contributed by atoms with Crippen LogP contribution in [0.3, 0.4) is 0 Å². The predicted octanol–water partition coefficient (Wildman–Crippen LogP) is 5.12. The summed E-state index contributed by atoms with van der Waals surface area (Å²) in [5.41, 5.74) is 2.15. The van der Waals surface area contributed by atoms with Crippen molar-refractivity contribution in [2.75, 3.05) is 5.32 Å². The second-order valence-electron chi connectivity index (χ2n) is 6.79. The van der Waals surface area contributed by atoms with E-state index >= 15 is 0 Å².